The van der Waals surface area contributed by atoms with Gasteiger partial charge in [0.05, 0.1) is 6.61 Å². The summed E-state index contributed by atoms with van der Waals surface area (Å²) in [5, 5.41) is -0.460. The Kier molecular flexibility index (Phi) is 8.22. The lowest BCUT2D eigenvalue weighted by molar-refractivity contribution is 0.233. The largest absolute Gasteiger partial charge is 0.493 e. The molecule has 1 saturated carbocycles. The first kappa shape index (κ1) is 22.1. The first-order valence-corrected chi connectivity index (χ1v) is 13.9. The summed E-state index contributed by atoms with van der Waals surface area (Å²) >= 11 is 5.53. The molecule has 0 amide bonds. The quantitative estimate of drug-likeness (QED) is 0.320. The summed E-state index contributed by atoms with van der Waals surface area (Å²) < 4.78 is 32.7. The molecule has 0 aromatic heterocycles. The first-order chi connectivity index (χ1) is 13.4. The van der Waals surface area contributed by atoms with Gasteiger partial charge in [0.2, 0.25) is 0 Å². The normalized spacial score (nSPS) is 28.5. The van der Waals surface area contributed by atoms with E-state index in [9.17, 15) is 8.78 Å². The fourth-order valence-electron chi connectivity index (χ4n) is 5.17. The summed E-state index contributed by atoms with van der Waals surface area (Å²) in [6.07, 6.45) is 11.1. The molecule has 1 aromatic rings. The maximum atomic E-state index is 13.5. The second kappa shape index (κ2) is 10.4. The summed E-state index contributed by atoms with van der Waals surface area (Å²) in [4.78, 5) is 0. The third-order valence-electron chi connectivity index (χ3n) is 7.04. The van der Waals surface area contributed by atoms with Crippen molar-refractivity contribution in [1.82, 2.24) is 0 Å². The summed E-state index contributed by atoms with van der Waals surface area (Å²) in [5.74, 6) is 1.09. The second-order valence-corrected chi connectivity index (χ2v) is 13.5. The maximum Gasteiger partial charge on any atom is 0.148 e. The van der Waals surface area contributed by atoms with Crippen molar-refractivity contribution < 1.29 is 13.5 Å². The van der Waals surface area contributed by atoms with Crippen LogP contribution in [0, 0.1) is 29.4 Å². The molecule has 0 atom stereocenters. The highest BCUT2D eigenvalue weighted by Gasteiger charge is 2.32. The molecule has 2 fully saturated rings. The molecule has 0 N–H and O–H groups in total. The monoisotopic (exact) mass is 428 g/mol. The van der Waals surface area contributed by atoms with E-state index in [1.54, 1.807) is 0 Å². The smallest absolute Gasteiger partial charge is 0.148 e. The Hall–Kier alpha value is -0.613. The third-order valence-corrected chi connectivity index (χ3v) is 11.6. The molecule has 1 heterocycles. The van der Waals surface area contributed by atoms with E-state index in [0.717, 1.165) is 17.4 Å². The van der Waals surface area contributed by atoms with E-state index in [1.807, 2.05) is 0 Å². The fourth-order valence-corrected chi connectivity index (χ4v) is 9.64. The van der Waals surface area contributed by atoms with Gasteiger partial charge in [-0.1, -0.05) is 76.1 Å². The van der Waals surface area contributed by atoms with E-state index in [-0.39, 0.29) is 5.75 Å². The van der Waals surface area contributed by atoms with Gasteiger partial charge < -0.3 is 4.74 Å². The third kappa shape index (κ3) is 6.19. The van der Waals surface area contributed by atoms with Crippen LogP contribution in [0.5, 0.6) is 5.75 Å². The lowest BCUT2D eigenvalue weighted by Crippen LogP contribution is -2.31. The molecule has 28 heavy (non-hydrogen) atoms. The number of hydrogen-bond donors (Lipinski definition) is 0. The Morgan fingerprint density at radius 2 is 1.61 bits per heavy atom. The van der Waals surface area contributed by atoms with Gasteiger partial charge in [0.1, 0.15) is 22.4 Å². The summed E-state index contributed by atoms with van der Waals surface area (Å²) in [5.41, 5.74) is 1.05. The predicted molar refractivity (Wildman–Crippen MR) is 116 cm³/mol. The standard InChI is InChI=1S/C23H35ClF2OSi/c1-16(2)3-4-17-5-7-20(8-6-17)28-11-9-18(10-12-28)15-27-19-13-21(25)23(24)22(26)14-19/h13-14,16-18,20,28H,3-12,15H2,1-2H3. The maximum absolute atomic E-state index is 13.5. The van der Waals surface area contributed by atoms with Crippen LogP contribution in [0.3, 0.4) is 0 Å². The molecule has 1 aliphatic carbocycles. The average molecular weight is 429 g/mol. The van der Waals surface area contributed by atoms with E-state index in [0.29, 0.717) is 12.5 Å². The molecular formula is C23H35ClF2OSi. The minimum Gasteiger partial charge on any atom is -0.493 e. The van der Waals surface area contributed by atoms with Crippen molar-refractivity contribution in [2.45, 2.75) is 82.8 Å². The van der Waals surface area contributed by atoms with Crippen molar-refractivity contribution in [3.8, 4) is 5.75 Å². The van der Waals surface area contributed by atoms with Gasteiger partial charge in [-0.25, -0.2) is 8.78 Å². The Morgan fingerprint density at radius 1 is 1.00 bits per heavy atom. The second-order valence-electron chi connectivity index (χ2n) is 9.54. The van der Waals surface area contributed by atoms with Gasteiger partial charge in [0.15, 0.2) is 0 Å². The molecule has 5 heteroatoms. The Morgan fingerprint density at radius 3 is 2.18 bits per heavy atom. The van der Waals surface area contributed by atoms with Crippen LogP contribution in [0.2, 0.25) is 22.7 Å². The number of rotatable bonds is 7. The molecule has 1 aromatic carbocycles. The topological polar surface area (TPSA) is 9.23 Å². The summed E-state index contributed by atoms with van der Waals surface area (Å²) in [7, 11) is -0.628. The SMILES string of the molecule is CC(C)CCC1CCC([SiH]2CCC(COc3cc(F)c(Cl)c(F)c3)CC2)CC1. The van der Waals surface area contributed by atoms with Gasteiger partial charge in [0, 0.05) is 20.9 Å². The molecule has 0 bridgehead atoms. The highest BCUT2D eigenvalue weighted by Crippen LogP contribution is 2.42. The van der Waals surface area contributed by atoms with E-state index in [4.69, 9.17) is 16.3 Å². The van der Waals surface area contributed by atoms with Crippen LogP contribution >= 0.6 is 11.6 Å². The van der Waals surface area contributed by atoms with Crippen molar-refractivity contribution in [3.63, 3.8) is 0 Å². The number of benzene rings is 1. The number of ether oxygens (including phenoxy) is 1. The Balaban J connectivity index is 1.37. The number of hydrogen-bond acceptors (Lipinski definition) is 1. The van der Waals surface area contributed by atoms with Crippen molar-refractivity contribution in [2.75, 3.05) is 6.61 Å². The molecule has 2 aliphatic rings. The van der Waals surface area contributed by atoms with Gasteiger partial charge in [-0.05, 0) is 36.1 Å². The van der Waals surface area contributed by atoms with Gasteiger partial charge in [0.25, 0.3) is 0 Å². The van der Waals surface area contributed by atoms with Gasteiger partial charge in [-0.15, -0.1) is 0 Å². The molecule has 0 spiro atoms. The van der Waals surface area contributed by atoms with Crippen LogP contribution in [0.15, 0.2) is 12.1 Å². The van der Waals surface area contributed by atoms with Crippen molar-refractivity contribution in [1.29, 1.82) is 0 Å². The summed E-state index contributed by atoms with van der Waals surface area (Å²) in [6, 6.07) is 5.20. The van der Waals surface area contributed by atoms with Gasteiger partial charge in [-0.3, -0.25) is 0 Å². The Bertz CT molecular complexity index is 600. The zero-order valence-corrected chi connectivity index (χ0v) is 19.3. The molecule has 1 aliphatic heterocycles. The average Bonchev–Trinajstić information content (AvgIpc) is 2.69. The molecule has 1 saturated heterocycles. The van der Waals surface area contributed by atoms with Gasteiger partial charge >= 0.3 is 0 Å². The minimum absolute atomic E-state index is 0.249. The highest BCUT2D eigenvalue weighted by molar-refractivity contribution is 6.60. The number of halogens is 3. The van der Waals surface area contributed by atoms with Crippen molar-refractivity contribution in [3.05, 3.63) is 28.8 Å². The van der Waals surface area contributed by atoms with E-state index < -0.39 is 25.5 Å². The first-order valence-electron chi connectivity index (χ1n) is 11.2. The fraction of sp³-hybridized carbons (Fsp3) is 0.739. The molecule has 0 unspecified atom stereocenters. The molecule has 0 radical (unpaired) electrons. The van der Waals surface area contributed by atoms with Crippen LogP contribution in [0.4, 0.5) is 8.78 Å². The van der Waals surface area contributed by atoms with E-state index in [1.165, 1.54) is 75.6 Å². The van der Waals surface area contributed by atoms with E-state index in [2.05, 4.69) is 13.8 Å². The van der Waals surface area contributed by atoms with Crippen LogP contribution in [-0.2, 0) is 0 Å². The van der Waals surface area contributed by atoms with Crippen LogP contribution < -0.4 is 4.74 Å². The van der Waals surface area contributed by atoms with Crippen LogP contribution in [0.1, 0.15) is 65.2 Å². The zero-order chi connectivity index (χ0) is 20.1. The molecule has 158 valence electrons. The molecule has 3 rings (SSSR count). The molecular weight excluding hydrogens is 394 g/mol. The summed E-state index contributed by atoms with van der Waals surface area (Å²) in [6.45, 7) is 5.23. The lowest BCUT2D eigenvalue weighted by atomic mass is 9.84. The highest BCUT2D eigenvalue weighted by atomic mass is 35.5. The van der Waals surface area contributed by atoms with Crippen molar-refractivity contribution >= 4 is 20.4 Å². The van der Waals surface area contributed by atoms with Crippen molar-refractivity contribution in [2.24, 2.45) is 17.8 Å². The lowest BCUT2D eigenvalue weighted by Gasteiger charge is -2.37. The van der Waals surface area contributed by atoms with Crippen LogP contribution in [-0.4, -0.2) is 15.4 Å². The zero-order valence-electron chi connectivity index (χ0n) is 17.4. The van der Waals surface area contributed by atoms with E-state index >= 15 is 0 Å². The van der Waals surface area contributed by atoms with Gasteiger partial charge in [-0.2, -0.15) is 0 Å². The Labute approximate surface area is 175 Å². The minimum atomic E-state index is -0.753. The van der Waals surface area contributed by atoms with Crippen LogP contribution in [0.25, 0.3) is 0 Å². The predicted octanol–water partition coefficient (Wildman–Crippen LogP) is 7.63. The molecule has 1 nitrogen and oxygen atoms in total.